The van der Waals surface area contributed by atoms with Crippen molar-refractivity contribution in [1.29, 1.82) is 0 Å². The SMILES string of the molecule is Cc1cccc2cc(C(=O)CCC3CCCNC3)oc12. The van der Waals surface area contributed by atoms with Crippen LogP contribution in [0.1, 0.15) is 41.8 Å². The summed E-state index contributed by atoms with van der Waals surface area (Å²) in [6, 6.07) is 7.88. The number of rotatable bonds is 4. The summed E-state index contributed by atoms with van der Waals surface area (Å²) in [5.74, 6) is 1.28. The van der Waals surface area contributed by atoms with E-state index in [-0.39, 0.29) is 5.78 Å². The molecule has 20 heavy (non-hydrogen) atoms. The third-order valence-electron chi connectivity index (χ3n) is 4.19. The Kier molecular flexibility index (Phi) is 3.88. The molecule has 1 atom stereocenters. The first-order valence-electron chi connectivity index (χ1n) is 7.47. The van der Waals surface area contributed by atoms with E-state index in [1.807, 2.05) is 31.2 Å². The van der Waals surface area contributed by atoms with Gasteiger partial charge in [0.2, 0.25) is 0 Å². The maximum absolute atomic E-state index is 12.3. The first kappa shape index (κ1) is 13.4. The highest BCUT2D eigenvalue weighted by atomic mass is 16.3. The molecule has 0 aliphatic carbocycles. The van der Waals surface area contributed by atoms with Gasteiger partial charge >= 0.3 is 0 Å². The van der Waals surface area contributed by atoms with Crippen LogP contribution in [0.15, 0.2) is 28.7 Å². The fourth-order valence-corrected chi connectivity index (χ4v) is 2.98. The quantitative estimate of drug-likeness (QED) is 0.862. The Morgan fingerprint density at radius 1 is 1.45 bits per heavy atom. The van der Waals surface area contributed by atoms with E-state index in [1.165, 1.54) is 12.8 Å². The van der Waals surface area contributed by atoms with Crippen LogP contribution in [0, 0.1) is 12.8 Å². The number of hydrogen-bond donors (Lipinski definition) is 1. The number of fused-ring (bicyclic) bond motifs is 1. The van der Waals surface area contributed by atoms with E-state index in [9.17, 15) is 4.79 Å². The van der Waals surface area contributed by atoms with Crippen LogP contribution >= 0.6 is 0 Å². The van der Waals surface area contributed by atoms with Crippen molar-refractivity contribution in [2.24, 2.45) is 5.92 Å². The van der Waals surface area contributed by atoms with Crippen molar-refractivity contribution >= 4 is 16.8 Å². The summed E-state index contributed by atoms with van der Waals surface area (Å²) in [6.07, 6.45) is 4.01. The third kappa shape index (κ3) is 2.78. The normalized spacial score (nSPS) is 19.4. The van der Waals surface area contributed by atoms with Crippen molar-refractivity contribution in [3.05, 3.63) is 35.6 Å². The minimum Gasteiger partial charge on any atom is -0.453 e. The van der Waals surface area contributed by atoms with Gasteiger partial charge in [0.1, 0.15) is 5.58 Å². The third-order valence-corrected chi connectivity index (χ3v) is 4.19. The maximum atomic E-state index is 12.3. The van der Waals surface area contributed by atoms with Gasteiger partial charge in [0.05, 0.1) is 0 Å². The van der Waals surface area contributed by atoms with Crippen LogP contribution < -0.4 is 5.32 Å². The van der Waals surface area contributed by atoms with Gasteiger partial charge in [0.25, 0.3) is 0 Å². The van der Waals surface area contributed by atoms with Crippen LogP contribution in [0.3, 0.4) is 0 Å². The zero-order chi connectivity index (χ0) is 13.9. The standard InChI is InChI=1S/C17H21NO2/c1-12-4-2-6-14-10-16(20-17(12)14)15(19)8-7-13-5-3-9-18-11-13/h2,4,6,10,13,18H,3,5,7-9,11H2,1H3. The number of nitrogens with one attached hydrogen (secondary N) is 1. The summed E-state index contributed by atoms with van der Waals surface area (Å²) in [4.78, 5) is 12.3. The van der Waals surface area contributed by atoms with Gasteiger partial charge in [-0.3, -0.25) is 4.79 Å². The van der Waals surface area contributed by atoms with Crippen molar-refractivity contribution in [3.63, 3.8) is 0 Å². The van der Waals surface area contributed by atoms with Gasteiger partial charge in [-0.25, -0.2) is 0 Å². The lowest BCUT2D eigenvalue weighted by atomic mass is 9.93. The Morgan fingerprint density at radius 2 is 2.35 bits per heavy atom. The lowest BCUT2D eigenvalue weighted by Gasteiger charge is -2.21. The molecule has 2 heterocycles. The first-order chi connectivity index (χ1) is 9.74. The van der Waals surface area contributed by atoms with E-state index >= 15 is 0 Å². The van der Waals surface area contributed by atoms with Crippen molar-refractivity contribution in [3.8, 4) is 0 Å². The monoisotopic (exact) mass is 271 g/mol. The number of para-hydroxylation sites is 1. The molecule has 3 rings (SSSR count). The van der Waals surface area contributed by atoms with Gasteiger partial charge in [-0.1, -0.05) is 18.2 Å². The molecule has 0 bridgehead atoms. The summed E-state index contributed by atoms with van der Waals surface area (Å²) in [7, 11) is 0. The molecule has 1 fully saturated rings. The molecule has 1 unspecified atom stereocenters. The Balaban J connectivity index is 1.67. The smallest absolute Gasteiger partial charge is 0.198 e. The molecular formula is C17H21NO2. The molecule has 1 saturated heterocycles. The lowest BCUT2D eigenvalue weighted by molar-refractivity contribution is 0.0946. The minimum atomic E-state index is 0.131. The zero-order valence-corrected chi connectivity index (χ0v) is 11.9. The molecule has 2 aromatic rings. The highest BCUT2D eigenvalue weighted by Gasteiger charge is 2.17. The number of carbonyl (C=O) groups excluding carboxylic acids is 1. The van der Waals surface area contributed by atoms with Crippen LogP contribution in [0.4, 0.5) is 0 Å². The predicted octanol–water partition coefficient (Wildman–Crippen LogP) is 3.70. The molecule has 106 valence electrons. The summed E-state index contributed by atoms with van der Waals surface area (Å²) >= 11 is 0. The molecule has 0 saturated carbocycles. The summed E-state index contributed by atoms with van der Waals surface area (Å²) in [6.45, 7) is 4.17. The van der Waals surface area contributed by atoms with Crippen molar-refractivity contribution in [2.45, 2.75) is 32.6 Å². The number of piperidine rings is 1. The number of carbonyl (C=O) groups is 1. The van der Waals surface area contributed by atoms with Gasteiger partial charge in [-0.2, -0.15) is 0 Å². The summed E-state index contributed by atoms with van der Waals surface area (Å²) in [5.41, 5.74) is 1.92. The van der Waals surface area contributed by atoms with Crippen LogP contribution in [0.5, 0.6) is 0 Å². The van der Waals surface area contributed by atoms with Gasteiger partial charge in [0, 0.05) is 11.8 Å². The molecule has 1 N–H and O–H groups in total. The number of ketones is 1. The second-order valence-corrected chi connectivity index (χ2v) is 5.78. The number of furan rings is 1. The Bertz CT molecular complexity index is 608. The molecule has 0 radical (unpaired) electrons. The molecule has 1 aliphatic rings. The molecule has 3 heteroatoms. The lowest BCUT2D eigenvalue weighted by Crippen LogP contribution is -2.29. The topological polar surface area (TPSA) is 42.2 Å². The van der Waals surface area contributed by atoms with Crippen molar-refractivity contribution in [1.82, 2.24) is 5.32 Å². The average Bonchev–Trinajstić information content (AvgIpc) is 2.91. The number of aryl methyl sites for hydroxylation is 1. The molecular weight excluding hydrogens is 250 g/mol. The first-order valence-corrected chi connectivity index (χ1v) is 7.47. The van der Waals surface area contributed by atoms with Gasteiger partial charge in [-0.15, -0.1) is 0 Å². The second kappa shape index (κ2) is 5.80. The highest BCUT2D eigenvalue weighted by Crippen LogP contribution is 2.24. The van der Waals surface area contributed by atoms with E-state index in [2.05, 4.69) is 5.32 Å². The second-order valence-electron chi connectivity index (χ2n) is 5.78. The van der Waals surface area contributed by atoms with E-state index < -0.39 is 0 Å². The van der Waals surface area contributed by atoms with E-state index in [0.29, 0.717) is 18.1 Å². The van der Waals surface area contributed by atoms with E-state index in [4.69, 9.17) is 4.42 Å². The zero-order valence-electron chi connectivity index (χ0n) is 11.9. The largest absolute Gasteiger partial charge is 0.453 e. The molecule has 1 aromatic carbocycles. The van der Waals surface area contributed by atoms with Crippen LogP contribution in [-0.4, -0.2) is 18.9 Å². The summed E-state index contributed by atoms with van der Waals surface area (Å²) < 4.78 is 5.74. The number of Topliss-reactive ketones (excluding diaryl/α,β-unsaturated/α-hetero) is 1. The molecule has 1 aliphatic heterocycles. The van der Waals surface area contributed by atoms with Crippen LogP contribution in [0.25, 0.3) is 11.0 Å². The molecule has 0 spiro atoms. The van der Waals surface area contributed by atoms with Crippen LogP contribution in [0.2, 0.25) is 0 Å². The Hall–Kier alpha value is -1.61. The van der Waals surface area contributed by atoms with Gasteiger partial charge in [0.15, 0.2) is 11.5 Å². The number of hydrogen-bond acceptors (Lipinski definition) is 3. The Labute approximate surface area is 119 Å². The fraction of sp³-hybridized carbons (Fsp3) is 0.471. The highest BCUT2D eigenvalue weighted by molar-refractivity contribution is 5.98. The predicted molar refractivity (Wildman–Crippen MR) is 80.1 cm³/mol. The average molecular weight is 271 g/mol. The van der Waals surface area contributed by atoms with E-state index in [1.54, 1.807) is 0 Å². The Morgan fingerprint density at radius 3 is 3.10 bits per heavy atom. The van der Waals surface area contributed by atoms with Gasteiger partial charge in [-0.05, 0) is 56.8 Å². The fourth-order valence-electron chi connectivity index (χ4n) is 2.98. The van der Waals surface area contributed by atoms with Gasteiger partial charge < -0.3 is 9.73 Å². The summed E-state index contributed by atoms with van der Waals surface area (Å²) in [5, 5.41) is 4.41. The van der Waals surface area contributed by atoms with Crippen LogP contribution in [-0.2, 0) is 0 Å². The molecule has 0 amide bonds. The molecule has 3 nitrogen and oxygen atoms in total. The van der Waals surface area contributed by atoms with Crippen molar-refractivity contribution in [2.75, 3.05) is 13.1 Å². The number of benzene rings is 1. The maximum Gasteiger partial charge on any atom is 0.198 e. The van der Waals surface area contributed by atoms with E-state index in [0.717, 1.165) is 36.0 Å². The van der Waals surface area contributed by atoms with Crippen molar-refractivity contribution < 1.29 is 9.21 Å². The minimum absolute atomic E-state index is 0.131. The molecule has 1 aromatic heterocycles.